The van der Waals surface area contributed by atoms with Crippen molar-refractivity contribution in [3.63, 3.8) is 0 Å². The minimum absolute atomic E-state index is 0.609. The summed E-state index contributed by atoms with van der Waals surface area (Å²) in [7, 11) is 0. The van der Waals surface area contributed by atoms with E-state index in [1.165, 1.54) is 45.2 Å². The third-order valence-electron chi connectivity index (χ3n) is 4.99. The molecule has 1 nitrogen and oxygen atoms in total. The van der Waals surface area contributed by atoms with Crippen molar-refractivity contribution in [1.82, 2.24) is 5.32 Å². The van der Waals surface area contributed by atoms with Gasteiger partial charge in [-0.05, 0) is 61.9 Å². The van der Waals surface area contributed by atoms with E-state index in [-0.39, 0.29) is 0 Å². The van der Waals surface area contributed by atoms with Crippen LogP contribution in [0.15, 0.2) is 0 Å². The summed E-state index contributed by atoms with van der Waals surface area (Å²) in [6.45, 7) is 9.93. The molecule has 15 heavy (non-hydrogen) atoms. The van der Waals surface area contributed by atoms with Crippen molar-refractivity contribution >= 4 is 0 Å². The van der Waals surface area contributed by atoms with Gasteiger partial charge in [0, 0.05) is 0 Å². The van der Waals surface area contributed by atoms with E-state index >= 15 is 0 Å². The second-order valence-electron chi connectivity index (χ2n) is 6.54. The SMILES string of the molecule is CC(C)C1(C)CC2CCCC(CNC2)C1. The molecule has 2 bridgehead atoms. The molecular formula is C14H27N. The Bertz CT molecular complexity index is 185. The molecule has 0 aromatic rings. The van der Waals surface area contributed by atoms with Crippen molar-refractivity contribution in [3.05, 3.63) is 0 Å². The van der Waals surface area contributed by atoms with Gasteiger partial charge in [0.15, 0.2) is 0 Å². The lowest BCUT2D eigenvalue weighted by Gasteiger charge is -2.44. The van der Waals surface area contributed by atoms with Gasteiger partial charge in [-0.25, -0.2) is 0 Å². The quantitative estimate of drug-likeness (QED) is 0.697. The first kappa shape index (κ1) is 11.4. The standard InChI is InChI=1S/C14H27N/c1-11(2)14(3)7-12-5-4-6-13(8-14)10-15-9-12/h11-13,15H,4-10H2,1-3H3. The van der Waals surface area contributed by atoms with E-state index in [0.29, 0.717) is 5.41 Å². The summed E-state index contributed by atoms with van der Waals surface area (Å²) in [6, 6.07) is 0. The van der Waals surface area contributed by atoms with Gasteiger partial charge in [0.05, 0.1) is 0 Å². The lowest BCUT2D eigenvalue weighted by Crippen LogP contribution is -2.41. The lowest BCUT2D eigenvalue weighted by molar-refractivity contribution is 0.0801. The van der Waals surface area contributed by atoms with Crippen LogP contribution in [0.2, 0.25) is 0 Å². The molecule has 0 aromatic heterocycles. The van der Waals surface area contributed by atoms with Crippen LogP contribution in [-0.2, 0) is 0 Å². The van der Waals surface area contributed by atoms with Gasteiger partial charge in [0.2, 0.25) is 0 Å². The Balaban J connectivity index is 2.15. The number of hydrogen-bond donors (Lipinski definition) is 1. The van der Waals surface area contributed by atoms with E-state index in [1.807, 2.05) is 0 Å². The molecule has 0 aromatic carbocycles. The Morgan fingerprint density at radius 2 is 1.60 bits per heavy atom. The molecule has 2 atom stereocenters. The third kappa shape index (κ3) is 2.55. The van der Waals surface area contributed by atoms with Gasteiger partial charge in [0.25, 0.3) is 0 Å². The third-order valence-corrected chi connectivity index (χ3v) is 4.99. The zero-order chi connectivity index (χ0) is 10.9. The Kier molecular flexibility index (Phi) is 3.39. The first-order valence-electron chi connectivity index (χ1n) is 6.81. The van der Waals surface area contributed by atoms with E-state index in [0.717, 1.165) is 17.8 Å². The molecular weight excluding hydrogens is 182 g/mol. The molecule has 1 aliphatic carbocycles. The Morgan fingerprint density at radius 1 is 1.07 bits per heavy atom. The van der Waals surface area contributed by atoms with Crippen LogP contribution in [0.4, 0.5) is 0 Å². The molecule has 3 aliphatic rings. The van der Waals surface area contributed by atoms with Crippen molar-refractivity contribution in [1.29, 1.82) is 0 Å². The molecule has 1 N–H and O–H groups in total. The maximum atomic E-state index is 3.67. The van der Waals surface area contributed by atoms with E-state index < -0.39 is 0 Å². The highest BCUT2D eigenvalue weighted by molar-refractivity contribution is 4.89. The van der Waals surface area contributed by atoms with Crippen molar-refractivity contribution in [3.8, 4) is 0 Å². The summed E-state index contributed by atoms with van der Waals surface area (Å²) in [6.07, 6.45) is 7.31. The van der Waals surface area contributed by atoms with E-state index in [2.05, 4.69) is 26.1 Å². The Hall–Kier alpha value is -0.0400. The molecule has 1 saturated carbocycles. The van der Waals surface area contributed by atoms with Gasteiger partial charge in [-0.15, -0.1) is 0 Å². The summed E-state index contributed by atoms with van der Waals surface area (Å²) >= 11 is 0. The molecule has 1 heteroatoms. The smallest absolute Gasteiger partial charge is 0.00202 e. The van der Waals surface area contributed by atoms with Crippen LogP contribution in [0.5, 0.6) is 0 Å². The minimum atomic E-state index is 0.609. The first-order chi connectivity index (χ1) is 7.10. The average Bonchev–Trinajstić information content (AvgIpc) is 2.07. The topological polar surface area (TPSA) is 12.0 Å². The number of fused-ring (bicyclic) bond motifs is 6. The number of rotatable bonds is 1. The number of hydrogen-bond acceptors (Lipinski definition) is 1. The molecule has 2 heterocycles. The highest BCUT2D eigenvalue weighted by atomic mass is 14.9. The maximum absolute atomic E-state index is 3.67. The molecule has 2 aliphatic heterocycles. The second kappa shape index (κ2) is 4.45. The zero-order valence-corrected chi connectivity index (χ0v) is 10.7. The monoisotopic (exact) mass is 209 g/mol. The van der Waals surface area contributed by atoms with Crippen LogP contribution in [0.1, 0.15) is 52.9 Å². The fourth-order valence-electron chi connectivity index (χ4n) is 3.61. The summed E-state index contributed by atoms with van der Waals surface area (Å²) < 4.78 is 0. The number of nitrogens with one attached hydrogen (secondary N) is 1. The van der Waals surface area contributed by atoms with E-state index in [4.69, 9.17) is 0 Å². The van der Waals surface area contributed by atoms with E-state index in [9.17, 15) is 0 Å². The van der Waals surface area contributed by atoms with Gasteiger partial charge in [-0.2, -0.15) is 0 Å². The fourth-order valence-corrected chi connectivity index (χ4v) is 3.61. The van der Waals surface area contributed by atoms with Gasteiger partial charge < -0.3 is 5.32 Å². The maximum Gasteiger partial charge on any atom is -0.00202 e. The van der Waals surface area contributed by atoms with Gasteiger partial charge in [-0.1, -0.05) is 27.2 Å². The molecule has 0 radical (unpaired) electrons. The van der Waals surface area contributed by atoms with Gasteiger partial charge >= 0.3 is 0 Å². The van der Waals surface area contributed by atoms with Gasteiger partial charge in [-0.3, -0.25) is 0 Å². The zero-order valence-electron chi connectivity index (χ0n) is 10.7. The van der Waals surface area contributed by atoms with Crippen LogP contribution in [-0.4, -0.2) is 13.1 Å². The van der Waals surface area contributed by atoms with Crippen LogP contribution < -0.4 is 5.32 Å². The van der Waals surface area contributed by atoms with Crippen LogP contribution >= 0.6 is 0 Å². The average molecular weight is 209 g/mol. The lowest BCUT2D eigenvalue weighted by atomic mass is 9.64. The first-order valence-corrected chi connectivity index (χ1v) is 6.81. The van der Waals surface area contributed by atoms with Crippen molar-refractivity contribution in [2.75, 3.05) is 13.1 Å². The fraction of sp³-hybridized carbons (Fsp3) is 1.00. The summed E-state index contributed by atoms with van der Waals surface area (Å²) in [4.78, 5) is 0. The van der Waals surface area contributed by atoms with Crippen LogP contribution in [0.3, 0.4) is 0 Å². The second-order valence-corrected chi connectivity index (χ2v) is 6.54. The molecule has 88 valence electrons. The molecule has 2 unspecified atom stereocenters. The molecule has 3 rings (SSSR count). The van der Waals surface area contributed by atoms with Crippen molar-refractivity contribution < 1.29 is 0 Å². The molecule has 0 amide bonds. The molecule has 2 saturated heterocycles. The highest BCUT2D eigenvalue weighted by Crippen LogP contribution is 2.44. The summed E-state index contributed by atoms with van der Waals surface area (Å²) in [5.41, 5.74) is 0.609. The van der Waals surface area contributed by atoms with Crippen molar-refractivity contribution in [2.45, 2.75) is 52.9 Å². The molecule has 3 fully saturated rings. The van der Waals surface area contributed by atoms with Gasteiger partial charge in [0.1, 0.15) is 0 Å². The van der Waals surface area contributed by atoms with Crippen molar-refractivity contribution in [2.24, 2.45) is 23.2 Å². The summed E-state index contributed by atoms with van der Waals surface area (Å²) in [5.74, 6) is 2.73. The molecule has 0 spiro atoms. The van der Waals surface area contributed by atoms with E-state index in [1.54, 1.807) is 0 Å². The minimum Gasteiger partial charge on any atom is -0.316 e. The summed E-state index contributed by atoms with van der Waals surface area (Å²) in [5, 5.41) is 3.67. The van der Waals surface area contributed by atoms with Crippen LogP contribution in [0, 0.1) is 23.2 Å². The highest BCUT2D eigenvalue weighted by Gasteiger charge is 2.36. The Morgan fingerprint density at radius 3 is 2.07 bits per heavy atom. The predicted molar refractivity (Wildman–Crippen MR) is 65.9 cm³/mol. The predicted octanol–water partition coefficient (Wildman–Crippen LogP) is 3.45. The largest absolute Gasteiger partial charge is 0.316 e. The Labute approximate surface area is 95.0 Å². The normalized spacial score (nSPS) is 42.4. The van der Waals surface area contributed by atoms with Crippen LogP contribution in [0.25, 0.3) is 0 Å².